The quantitative estimate of drug-likeness (QED) is 0.624. The highest BCUT2D eigenvalue weighted by atomic mass is 19.3. The first-order chi connectivity index (χ1) is 15.1. The summed E-state index contributed by atoms with van der Waals surface area (Å²) in [4.78, 5) is 16.6. The molecule has 0 saturated carbocycles. The van der Waals surface area contributed by atoms with Crippen LogP contribution in [-0.2, 0) is 11.2 Å². The third-order valence-electron chi connectivity index (χ3n) is 5.05. The zero-order valence-electron chi connectivity index (χ0n) is 16.7. The van der Waals surface area contributed by atoms with Gasteiger partial charge in [-0.3, -0.25) is 4.79 Å². The first-order valence-corrected chi connectivity index (χ1v) is 10.00. The number of alkyl halides is 2. The fourth-order valence-electron chi connectivity index (χ4n) is 3.46. The standard InChI is InChI=1S/C22H22F2N4O3/c23-22(24)31-20-14-25-19(21(29)27-17-6-10-30-11-7-17)13-16(20)12-15-2-4-18(5-3-15)28-9-1-8-26-28/h1-5,8-9,13-14,17,22H,6-7,10-12H2,(H,27,29). The molecule has 2 aromatic heterocycles. The van der Waals surface area contributed by atoms with Crippen molar-refractivity contribution >= 4 is 5.91 Å². The Bertz CT molecular complexity index is 1000. The highest BCUT2D eigenvalue weighted by Gasteiger charge is 2.20. The second kappa shape index (κ2) is 9.65. The summed E-state index contributed by atoms with van der Waals surface area (Å²) in [7, 11) is 0. The maximum Gasteiger partial charge on any atom is 0.387 e. The van der Waals surface area contributed by atoms with Crippen molar-refractivity contribution in [2.75, 3.05) is 13.2 Å². The molecule has 0 bridgehead atoms. The number of rotatable bonds is 7. The van der Waals surface area contributed by atoms with Crippen LogP contribution in [0.2, 0.25) is 0 Å². The van der Waals surface area contributed by atoms with E-state index in [0.717, 1.165) is 24.1 Å². The molecule has 3 aromatic rings. The van der Waals surface area contributed by atoms with E-state index in [0.29, 0.717) is 25.2 Å². The molecule has 1 N–H and O–H groups in total. The van der Waals surface area contributed by atoms with Crippen LogP contribution in [0.4, 0.5) is 8.78 Å². The fraction of sp³-hybridized carbons (Fsp3) is 0.318. The molecule has 9 heteroatoms. The lowest BCUT2D eigenvalue weighted by molar-refractivity contribution is -0.0506. The van der Waals surface area contributed by atoms with Gasteiger partial charge in [0.2, 0.25) is 0 Å². The van der Waals surface area contributed by atoms with Crippen LogP contribution >= 0.6 is 0 Å². The number of aromatic nitrogens is 3. The van der Waals surface area contributed by atoms with Crippen LogP contribution in [0.25, 0.3) is 5.69 Å². The van der Waals surface area contributed by atoms with Gasteiger partial charge in [-0.25, -0.2) is 9.67 Å². The van der Waals surface area contributed by atoms with Crippen molar-refractivity contribution in [3.8, 4) is 11.4 Å². The van der Waals surface area contributed by atoms with Gasteiger partial charge < -0.3 is 14.8 Å². The van der Waals surface area contributed by atoms with Gasteiger partial charge in [-0.05, 0) is 42.7 Å². The maximum atomic E-state index is 12.9. The largest absolute Gasteiger partial charge is 0.433 e. The maximum absolute atomic E-state index is 12.9. The number of carbonyl (C=O) groups excluding carboxylic acids is 1. The second-order valence-electron chi connectivity index (χ2n) is 7.21. The first-order valence-electron chi connectivity index (χ1n) is 10.00. The lowest BCUT2D eigenvalue weighted by Gasteiger charge is -2.23. The molecule has 0 spiro atoms. The molecule has 1 amide bonds. The molecule has 162 valence electrons. The van der Waals surface area contributed by atoms with Gasteiger partial charge in [0.15, 0.2) is 0 Å². The topological polar surface area (TPSA) is 78.3 Å². The summed E-state index contributed by atoms with van der Waals surface area (Å²) >= 11 is 0. The number of pyridine rings is 1. The highest BCUT2D eigenvalue weighted by Crippen LogP contribution is 2.24. The van der Waals surface area contributed by atoms with Crippen LogP contribution in [-0.4, -0.2) is 46.5 Å². The predicted molar refractivity (Wildman–Crippen MR) is 109 cm³/mol. The number of amides is 1. The summed E-state index contributed by atoms with van der Waals surface area (Å²) in [6.07, 6.45) is 6.46. The number of nitrogens with one attached hydrogen (secondary N) is 1. The van der Waals surface area contributed by atoms with Crippen molar-refractivity contribution in [2.45, 2.75) is 31.9 Å². The molecule has 1 aliphatic heterocycles. The number of hydrogen-bond donors (Lipinski definition) is 1. The van der Waals surface area contributed by atoms with Gasteiger partial charge in [-0.15, -0.1) is 0 Å². The minimum absolute atomic E-state index is 0.0123. The minimum atomic E-state index is -2.98. The van der Waals surface area contributed by atoms with Crippen LogP contribution in [0.15, 0.2) is 55.0 Å². The van der Waals surface area contributed by atoms with Crippen molar-refractivity contribution in [1.82, 2.24) is 20.1 Å². The van der Waals surface area contributed by atoms with E-state index in [-0.39, 0.29) is 23.4 Å². The monoisotopic (exact) mass is 428 g/mol. The van der Waals surface area contributed by atoms with E-state index in [2.05, 4.69) is 20.1 Å². The second-order valence-corrected chi connectivity index (χ2v) is 7.21. The molecule has 0 radical (unpaired) electrons. The van der Waals surface area contributed by atoms with Crippen molar-refractivity contribution in [3.05, 3.63) is 71.8 Å². The molecule has 3 heterocycles. The molecular weight excluding hydrogens is 406 g/mol. The molecule has 0 atom stereocenters. The Hall–Kier alpha value is -3.33. The SMILES string of the molecule is O=C(NC1CCOCC1)c1cc(Cc2ccc(-n3cccn3)cc2)c(OC(F)F)cn1. The molecule has 1 saturated heterocycles. The number of benzene rings is 1. The van der Waals surface area contributed by atoms with Gasteiger partial charge in [-0.1, -0.05) is 12.1 Å². The van der Waals surface area contributed by atoms with Crippen LogP contribution in [0.5, 0.6) is 5.75 Å². The summed E-state index contributed by atoms with van der Waals surface area (Å²) in [5.74, 6) is -0.389. The van der Waals surface area contributed by atoms with E-state index in [1.54, 1.807) is 10.9 Å². The molecule has 0 aliphatic carbocycles. The number of ether oxygens (including phenoxy) is 2. The Morgan fingerprint density at radius 1 is 1.26 bits per heavy atom. The van der Waals surface area contributed by atoms with Gasteiger partial charge >= 0.3 is 6.61 Å². The van der Waals surface area contributed by atoms with E-state index in [1.165, 1.54) is 12.3 Å². The Morgan fingerprint density at radius 3 is 2.71 bits per heavy atom. The average Bonchev–Trinajstić information content (AvgIpc) is 3.31. The Kier molecular flexibility index (Phi) is 6.51. The zero-order chi connectivity index (χ0) is 21.6. The third kappa shape index (κ3) is 5.43. The first kappa shape index (κ1) is 20.9. The Labute approximate surface area is 178 Å². The minimum Gasteiger partial charge on any atom is -0.433 e. The molecule has 1 fully saturated rings. The summed E-state index contributed by atoms with van der Waals surface area (Å²) in [6.45, 7) is -1.79. The summed E-state index contributed by atoms with van der Waals surface area (Å²) in [6, 6.07) is 10.9. The summed E-state index contributed by atoms with van der Waals surface area (Å²) in [5.41, 5.74) is 2.37. The molecule has 0 unspecified atom stereocenters. The van der Waals surface area contributed by atoms with E-state index < -0.39 is 6.61 Å². The van der Waals surface area contributed by atoms with E-state index in [1.807, 2.05) is 36.5 Å². The number of hydrogen-bond acceptors (Lipinski definition) is 5. The van der Waals surface area contributed by atoms with Crippen molar-refractivity contribution < 1.29 is 23.0 Å². The van der Waals surface area contributed by atoms with Gasteiger partial charge in [0.05, 0.1) is 11.9 Å². The molecule has 31 heavy (non-hydrogen) atoms. The third-order valence-corrected chi connectivity index (χ3v) is 5.05. The van der Waals surface area contributed by atoms with E-state index >= 15 is 0 Å². The van der Waals surface area contributed by atoms with Crippen molar-refractivity contribution in [1.29, 1.82) is 0 Å². The number of nitrogens with zero attached hydrogens (tertiary/aromatic N) is 3. The molecular formula is C22H22F2N4O3. The van der Waals surface area contributed by atoms with E-state index in [4.69, 9.17) is 4.74 Å². The fourth-order valence-corrected chi connectivity index (χ4v) is 3.46. The predicted octanol–water partition coefficient (Wildman–Crippen LogP) is 3.37. The van der Waals surface area contributed by atoms with Crippen LogP contribution in [0.3, 0.4) is 0 Å². The van der Waals surface area contributed by atoms with Crippen molar-refractivity contribution in [2.24, 2.45) is 0 Å². The Balaban J connectivity index is 1.53. The highest BCUT2D eigenvalue weighted by molar-refractivity contribution is 5.92. The van der Waals surface area contributed by atoms with Crippen LogP contribution in [0.1, 0.15) is 34.5 Å². The number of halogens is 2. The van der Waals surface area contributed by atoms with E-state index in [9.17, 15) is 13.6 Å². The normalized spacial score (nSPS) is 14.5. The van der Waals surface area contributed by atoms with Gasteiger partial charge in [-0.2, -0.15) is 13.9 Å². The lowest BCUT2D eigenvalue weighted by atomic mass is 10.0. The molecule has 1 aliphatic rings. The Morgan fingerprint density at radius 2 is 2.03 bits per heavy atom. The zero-order valence-corrected chi connectivity index (χ0v) is 16.7. The molecule has 1 aromatic carbocycles. The van der Waals surface area contributed by atoms with Crippen LogP contribution in [0, 0.1) is 0 Å². The van der Waals surface area contributed by atoms with Gasteiger partial charge in [0, 0.05) is 43.6 Å². The van der Waals surface area contributed by atoms with Crippen LogP contribution < -0.4 is 10.1 Å². The average molecular weight is 428 g/mol. The smallest absolute Gasteiger partial charge is 0.387 e. The lowest BCUT2D eigenvalue weighted by Crippen LogP contribution is -2.39. The van der Waals surface area contributed by atoms with Gasteiger partial charge in [0.25, 0.3) is 5.91 Å². The van der Waals surface area contributed by atoms with Gasteiger partial charge in [0.1, 0.15) is 11.4 Å². The summed E-state index contributed by atoms with van der Waals surface area (Å²) in [5, 5.41) is 7.11. The molecule has 4 rings (SSSR count). The van der Waals surface area contributed by atoms with Crippen molar-refractivity contribution in [3.63, 3.8) is 0 Å². The molecule has 7 nitrogen and oxygen atoms in total. The summed E-state index contributed by atoms with van der Waals surface area (Å²) < 4.78 is 37.4. The number of carbonyl (C=O) groups is 1.